The first-order chi connectivity index (χ1) is 8.31. The molecule has 0 aliphatic carbocycles. The van der Waals surface area contributed by atoms with Crippen LogP contribution >= 0.6 is 0 Å². The van der Waals surface area contributed by atoms with Gasteiger partial charge in [0.25, 0.3) is 0 Å². The monoisotopic (exact) mass is 255 g/mol. The zero-order chi connectivity index (χ0) is 13.9. The van der Waals surface area contributed by atoms with Crippen LogP contribution in [0.3, 0.4) is 0 Å². The number of carbonyl (C=O) groups excluding carboxylic acids is 2. The highest BCUT2D eigenvalue weighted by molar-refractivity contribution is 5.81. The molecule has 0 N–H and O–H groups in total. The summed E-state index contributed by atoms with van der Waals surface area (Å²) in [5, 5.41) is 0. The van der Waals surface area contributed by atoms with E-state index in [1.54, 1.807) is 6.92 Å². The number of esters is 1. The lowest BCUT2D eigenvalue weighted by atomic mass is 9.84. The van der Waals surface area contributed by atoms with Crippen molar-refractivity contribution in [3.8, 4) is 0 Å². The van der Waals surface area contributed by atoms with E-state index in [2.05, 4.69) is 18.7 Å². The van der Waals surface area contributed by atoms with Gasteiger partial charge in [-0.15, -0.1) is 0 Å². The largest absolute Gasteiger partial charge is 0.459 e. The average Bonchev–Trinajstić information content (AvgIpc) is 2.51. The minimum Gasteiger partial charge on any atom is -0.459 e. The fourth-order valence-electron chi connectivity index (χ4n) is 2.74. The lowest BCUT2D eigenvalue weighted by Gasteiger charge is -2.33. The van der Waals surface area contributed by atoms with E-state index in [1.165, 1.54) is 0 Å². The van der Waals surface area contributed by atoms with Crippen LogP contribution in [0.4, 0.5) is 0 Å². The molecule has 2 atom stereocenters. The van der Waals surface area contributed by atoms with E-state index >= 15 is 0 Å². The number of Topliss-reactive ketones (excluding diaryl/α,β-unsaturated/α-hetero) is 1. The molecule has 1 aliphatic heterocycles. The molecule has 0 spiro atoms. The molecule has 1 fully saturated rings. The maximum absolute atomic E-state index is 11.8. The first kappa shape index (κ1) is 15.2. The van der Waals surface area contributed by atoms with Crippen molar-refractivity contribution in [1.29, 1.82) is 0 Å². The topological polar surface area (TPSA) is 46.6 Å². The molecule has 0 aromatic carbocycles. The fraction of sp³-hybridized carbons (Fsp3) is 0.857. The second-order valence-corrected chi connectivity index (χ2v) is 5.56. The van der Waals surface area contributed by atoms with Crippen molar-refractivity contribution in [1.82, 2.24) is 4.90 Å². The summed E-state index contributed by atoms with van der Waals surface area (Å²) < 4.78 is 5.32. The summed E-state index contributed by atoms with van der Waals surface area (Å²) in [5.41, 5.74) is -0.446. The first-order valence-corrected chi connectivity index (χ1v) is 6.78. The van der Waals surface area contributed by atoms with Crippen molar-refractivity contribution in [3.05, 3.63) is 0 Å². The minimum atomic E-state index is -0.446. The van der Waals surface area contributed by atoms with Crippen LogP contribution in [0, 0.1) is 5.92 Å². The van der Waals surface area contributed by atoms with Crippen molar-refractivity contribution < 1.29 is 14.3 Å². The summed E-state index contributed by atoms with van der Waals surface area (Å²) in [4.78, 5) is 25.4. The highest BCUT2D eigenvalue weighted by Gasteiger charge is 2.43. The van der Waals surface area contributed by atoms with E-state index in [-0.39, 0.29) is 23.7 Å². The number of ketones is 1. The van der Waals surface area contributed by atoms with Gasteiger partial charge in [-0.3, -0.25) is 14.5 Å². The second kappa shape index (κ2) is 5.83. The highest BCUT2D eigenvalue weighted by atomic mass is 16.6. The number of hydrogen-bond acceptors (Lipinski definition) is 4. The number of nitrogens with zero attached hydrogens (tertiary/aromatic N) is 1. The van der Waals surface area contributed by atoms with Gasteiger partial charge in [0.2, 0.25) is 0 Å². The van der Waals surface area contributed by atoms with Crippen molar-refractivity contribution in [3.63, 3.8) is 0 Å². The summed E-state index contributed by atoms with van der Waals surface area (Å²) in [6.07, 6.45) is 1.13. The van der Waals surface area contributed by atoms with E-state index in [0.717, 1.165) is 13.1 Å². The maximum atomic E-state index is 11.8. The van der Waals surface area contributed by atoms with Gasteiger partial charge < -0.3 is 4.74 Å². The smallest absolute Gasteiger partial charge is 0.306 e. The van der Waals surface area contributed by atoms with Crippen LogP contribution in [-0.4, -0.2) is 41.4 Å². The van der Waals surface area contributed by atoms with E-state index < -0.39 is 5.60 Å². The average molecular weight is 255 g/mol. The molecule has 0 radical (unpaired) electrons. The lowest BCUT2D eigenvalue weighted by molar-refractivity contribution is -0.146. The maximum Gasteiger partial charge on any atom is 0.306 e. The summed E-state index contributed by atoms with van der Waals surface area (Å²) in [6.45, 7) is 11.3. The lowest BCUT2D eigenvalue weighted by Crippen LogP contribution is -2.43. The predicted molar refractivity (Wildman–Crippen MR) is 70.3 cm³/mol. The number of ether oxygens (including phenoxy) is 1. The standard InChI is InChI=1S/C14H25NO3/c1-6-15(7-2)12(10(3)16)8-11-9-13(17)18-14(11,4)5/h11-12H,6-9H2,1-5H3. The molecule has 1 aliphatic rings. The first-order valence-electron chi connectivity index (χ1n) is 6.78. The molecule has 1 rings (SSSR count). The second-order valence-electron chi connectivity index (χ2n) is 5.56. The third-order valence-electron chi connectivity index (χ3n) is 4.00. The quantitative estimate of drug-likeness (QED) is 0.681. The Bertz CT molecular complexity index is 321. The van der Waals surface area contributed by atoms with Crippen LogP contribution in [0.25, 0.3) is 0 Å². The molecule has 18 heavy (non-hydrogen) atoms. The van der Waals surface area contributed by atoms with Gasteiger partial charge in [-0.25, -0.2) is 0 Å². The molecule has 1 heterocycles. The minimum absolute atomic E-state index is 0.0984. The van der Waals surface area contributed by atoms with Crippen LogP contribution in [0.1, 0.15) is 47.5 Å². The molecule has 0 bridgehead atoms. The van der Waals surface area contributed by atoms with Gasteiger partial charge >= 0.3 is 5.97 Å². The van der Waals surface area contributed by atoms with Crippen LogP contribution in [0.15, 0.2) is 0 Å². The summed E-state index contributed by atoms with van der Waals surface area (Å²) in [5.74, 6) is 0.153. The number of hydrogen-bond donors (Lipinski definition) is 0. The summed E-state index contributed by atoms with van der Waals surface area (Å²) >= 11 is 0. The Balaban J connectivity index is 2.78. The normalized spacial score (nSPS) is 24.1. The number of likely N-dealkylation sites (N-methyl/N-ethyl adjacent to an activating group) is 1. The van der Waals surface area contributed by atoms with Gasteiger partial charge in [0.05, 0.1) is 12.5 Å². The van der Waals surface area contributed by atoms with Crippen LogP contribution in [0.5, 0.6) is 0 Å². The van der Waals surface area contributed by atoms with Gasteiger partial charge in [-0.2, -0.15) is 0 Å². The number of cyclic esters (lactones) is 1. The van der Waals surface area contributed by atoms with Crippen LogP contribution < -0.4 is 0 Å². The molecule has 1 saturated heterocycles. The molecular weight excluding hydrogens is 230 g/mol. The van der Waals surface area contributed by atoms with E-state index in [9.17, 15) is 9.59 Å². The zero-order valence-electron chi connectivity index (χ0n) is 12.2. The van der Waals surface area contributed by atoms with Gasteiger partial charge in [-0.1, -0.05) is 13.8 Å². The Morgan fingerprint density at radius 3 is 2.33 bits per heavy atom. The number of carbonyl (C=O) groups is 2. The molecule has 2 unspecified atom stereocenters. The zero-order valence-corrected chi connectivity index (χ0v) is 12.2. The van der Waals surface area contributed by atoms with Crippen molar-refractivity contribution in [2.45, 2.75) is 59.1 Å². The summed E-state index contributed by atoms with van der Waals surface area (Å²) in [7, 11) is 0. The molecule has 0 aromatic rings. The van der Waals surface area contributed by atoms with E-state index in [0.29, 0.717) is 12.8 Å². The molecule has 0 aromatic heterocycles. The SMILES string of the molecule is CCN(CC)C(CC1CC(=O)OC1(C)C)C(C)=O. The molecule has 4 nitrogen and oxygen atoms in total. The van der Waals surface area contributed by atoms with Crippen LogP contribution in [-0.2, 0) is 14.3 Å². The van der Waals surface area contributed by atoms with E-state index in [4.69, 9.17) is 4.74 Å². The van der Waals surface area contributed by atoms with Gasteiger partial charge in [-0.05, 0) is 40.3 Å². The van der Waals surface area contributed by atoms with Crippen molar-refractivity contribution in [2.75, 3.05) is 13.1 Å². The molecule has 104 valence electrons. The molecule has 0 amide bonds. The van der Waals surface area contributed by atoms with Gasteiger partial charge in [0, 0.05) is 5.92 Å². The van der Waals surface area contributed by atoms with Crippen molar-refractivity contribution >= 4 is 11.8 Å². The van der Waals surface area contributed by atoms with Crippen molar-refractivity contribution in [2.24, 2.45) is 5.92 Å². The molecular formula is C14H25NO3. The summed E-state index contributed by atoms with van der Waals surface area (Å²) in [6, 6.07) is -0.0984. The number of rotatable bonds is 6. The van der Waals surface area contributed by atoms with Gasteiger partial charge in [0.1, 0.15) is 11.4 Å². The Morgan fingerprint density at radius 2 is 2.00 bits per heavy atom. The fourth-order valence-corrected chi connectivity index (χ4v) is 2.74. The van der Waals surface area contributed by atoms with E-state index in [1.807, 2.05) is 13.8 Å². The third kappa shape index (κ3) is 3.31. The predicted octanol–water partition coefficient (Wildman–Crippen LogP) is 2.02. The molecule has 4 heteroatoms. The van der Waals surface area contributed by atoms with Crippen LogP contribution in [0.2, 0.25) is 0 Å². The highest BCUT2D eigenvalue weighted by Crippen LogP contribution is 2.36. The third-order valence-corrected chi connectivity index (χ3v) is 4.00. The molecule has 0 saturated carbocycles. The Morgan fingerprint density at radius 1 is 1.44 bits per heavy atom. The van der Waals surface area contributed by atoms with Gasteiger partial charge in [0.15, 0.2) is 0 Å². The Hall–Kier alpha value is -0.900. The Labute approximate surface area is 110 Å². The Kier molecular flexibility index (Phi) is 4.91.